The standard InChI is InChI=1S/C45H43FN10O5/c1-26-19-31(20-27(2)38(26)46)39-40(54-15-14-53(44(54)59)33-6-8-34-32(22-33)24-47-51(34)3)37-25-52(13-16-55(37)49-39)41(57)36-23-30-21-29(28-9-17-60-18-10-28)5-7-35(30)56(36)45(11-4-12-45)42-48-43(58)61-50-42/h5-8,14-15,19-24,28H,4,9-13,16-18,25H2,1-3H3,(H,48,50,58). The van der Waals surface area contributed by atoms with Gasteiger partial charge in [-0.3, -0.25) is 32.8 Å². The Morgan fingerprint density at radius 1 is 0.918 bits per heavy atom. The van der Waals surface area contributed by atoms with Crippen molar-refractivity contribution < 1.29 is 18.4 Å². The number of carbonyl (C=O) groups excluding carboxylic acids is 1. The molecule has 16 heteroatoms. The molecule has 0 atom stereocenters. The Morgan fingerprint density at radius 3 is 2.43 bits per heavy atom. The van der Waals surface area contributed by atoms with Gasteiger partial charge in [0.2, 0.25) is 0 Å². The Labute approximate surface area is 347 Å². The van der Waals surface area contributed by atoms with Crippen molar-refractivity contribution in [2.75, 3.05) is 19.8 Å². The van der Waals surface area contributed by atoms with Crippen LogP contribution in [0.25, 0.3) is 44.4 Å². The zero-order valence-corrected chi connectivity index (χ0v) is 34.0. The quantitative estimate of drug-likeness (QED) is 0.198. The molecular weight excluding hydrogens is 780 g/mol. The van der Waals surface area contributed by atoms with Crippen LogP contribution >= 0.6 is 0 Å². The van der Waals surface area contributed by atoms with Gasteiger partial charge in [0.1, 0.15) is 28.4 Å². The van der Waals surface area contributed by atoms with Crippen LogP contribution in [0.2, 0.25) is 0 Å². The lowest BCUT2D eigenvalue weighted by atomic mass is 9.75. The van der Waals surface area contributed by atoms with E-state index < -0.39 is 11.3 Å². The number of rotatable bonds is 7. The Hall–Kier alpha value is -6.81. The van der Waals surface area contributed by atoms with Gasteiger partial charge in [-0.1, -0.05) is 11.2 Å². The van der Waals surface area contributed by atoms with Crippen LogP contribution in [0.15, 0.2) is 87.3 Å². The maximum absolute atomic E-state index is 15.2. The molecule has 5 aromatic heterocycles. The number of benzene rings is 3. The molecule has 1 saturated heterocycles. The number of fused-ring (bicyclic) bond motifs is 3. The first kappa shape index (κ1) is 37.2. The predicted octanol–water partition coefficient (Wildman–Crippen LogP) is 6.24. The van der Waals surface area contributed by atoms with Crippen LogP contribution in [0.3, 0.4) is 0 Å². The van der Waals surface area contributed by atoms with Gasteiger partial charge in [-0.2, -0.15) is 10.2 Å². The zero-order chi connectivity index (χ0) is 41.7. The van der Waals surface area contributed by atoms with Crippen molar-refractivity contribution in [2.45, 2.75) is 70.5 Å². The highest BCUT2D eigenvalue weighted by molar-refractivity contribution is 5.99. The van der Waals surface area contributed by atoms with Gasteiger partial charge in [-0.25, -0.2) is 14.0 Å². The fourth-order valence-electron chi connectivity index (χ4n) is 9.86. The Balaban J connectivity index is 1.04. The van der Waals surface area contributed by atoms with Gasteiger partial charge in [-0.15, -0.1) is 0 Å². The molecule has 310 valence electrons. The van der Waals surface area contributed by atoms with Gasteiger partial charge in [0.25, 0.3) is 5.91 Å². The molecule has 3 aromatic carbocycles. The molecule has 11 rings (SSSR count). The van der Waals surface area contributed by atoms with E-state index in [9.17, 15) is 9.59 Å². The summed E-state index contributed by atoms with van der Waals surface area (Å²) >= 11 is 0. The summed E-state index contributed by atoms with van der Waals surface area (Å²) in [5.41, 5.74) is 6.32. The number of H-pyrrole nitrogens is 1. The molecule has 1 aliphatic carbocycles. The topological polar surface area (TPSA) is 156 Å². The molecule has 3 aliphatic rings. The van der Waals surface area contributed by atoms with E-state index in [2.05, 4.69) is 38.0 Å². The second-order valence-electron chi connectivity index (χ2n) is 16.7. The number of hydrogen-bond donors (Lipinski definition) is 1. The summed E-state index contributed by atoms with van der Waals surface area (Å²) in [4.78, 5) is 46.8. The van der Waals surface area contributed by atoms with E-state index in [4.69, 9.17) is 14.4 Å². The third-order valence-electron chi connectivity index (χ3n) is 13.2. The molecule has 2 fully saturated rings. The van der Waals surface area contributed by atoms with E-state index in [0.717, 1.165) is 41.1 Å². The van der Waals surface area contributed by atoms with Crippen LogP contribution in [-0.2, 0) is 30.4 Å². The van der Waals surface area contributed by atoms with Crippen LogP contribution in [-0.4, -0.2) is 74.0 Å². The van der Waals surface area contributed by atoms with Crippen molar-refractivity contribution in [1.82, 2.24) is 48.3 Å². The number of aryl methyl sites for hydroxylation is 3. The Bertz CT molecular complexity index is 3160. The summed E-state index contributed by atoms with van der Waals surface area (Å²) < 4.78 is 34.6. The van der Waals surface area contributed by atoms with Crippen molar-refractivity contribution >= 4 is 27.7 Å². The third-order valence-corrected chi connectivity index (χ3v) is 13.2. The summed E-state index contributed by atoms with van der Waals surface area (Å²) in [6.07, 6.45) is 9.25. The van der Waals surface area contributed by atoms with Gasteiger partial charge < -0.3 is 14.2 Å². The number of nitrogens with zero attached hydrogens (tertiary/aromatic N) is 9. The largest absolute Gasteiger partial charge is 0.438 e. The van der Waals surface area contributed by atoms with Crippen molar-refractivity contribution in [3.63, 3.8) is 0 Å². The maximum atomic E-state index is 15.2. The zero-order valence-electron chi connectivity index (χ0n) is 34.0. The molecule has 8 aromatic rings. The van der Waals surface area contributed by atoms with Crippen LogP contribution in [0.4, 0.5) is 4.39 Å². The first-order valence-electron chi connectivity index (χ1n) is 20.8. The molecule has 15 nitrogen and oxygen atoms in total. The highest BCUT2D eigenvalue weighted by Gasteiger charge is 2.47. The lowest BCUT2D eigenvalue weighted by Crippen LogP contribution is -2.46. The average molecular weight is 823 g/mol. The van der Waals surface area contributed by atoms with Crippen molar-refractivity contribution in [2.24, 2.45) is 7.05 Å². The smallest absolute Gasteiger partial charge is 0.381 e. The summed E-state index contributed by atoms with van der Waals surface area (Å²) in [5.74, 6) is -0.402. The minimum Gasteiger partial charge on any atom is -0.381 e. The number of aromatic nitrogens is 9. The highest BCUT2D eigenvalue weighted by atomic mass is 19.1. The van der Waals surface area contributed by atoms with Crippen LogP contribution in [0, 0.1) is 19.7 Å². The number of hydrogen-bond acceptors (Lipinski definition) is 8. The van der Waals surface area contributed by atoms with Gasteiger partial charge in [0.15, 0.2) is 5.82 Å². The number of nitrogens with one attached hydrogen (secondary N) is 1. The average Bonchev–Trinajstić information content (AvgIpc) is 4.10. The van der Waals surface area contributed by atoms with E-state index in [1.807, 2.05) is 36.0 Å². The molecule has 1 amide bonds. The number of aromatic amines is 1. The van der Waals surface area contributed by atoms with Gasteiger partial charge in [0, 0.05) is 61.1 Å². The number of carbonyl (C=O) groups is 1. The monoisotopic (exact) mass is 822 g/mol. The van der Waals surface area contributed by atoms with Crippen molar-refractivity contribution in [3.05, 3.63) is 134 Å². The first-order chi connectivity index (χ1) is 29.6. The summed E-state index contributed by atoms with van der Waals surface area (Å²) in [7, 11) is 1.87. The Morgan fingerprint density at radius 2 is 1.69 bits per heavy atom. The minimum absolute atomic E-state index is 0.141. The van der Waals surface area contributed by atoms with Gasteiger partial charge >= 0.3 is 11.4 Å². The summed E-state index contributed by atoms with van der Waals surface area (Å²) in [5, 5.41) is 15.4. The molecule has 61 heavy (non-hydrogen) atoms. The molecule has 1 saturated carbocycles. The molecule has 2 aliphatic heterocycles. The predicted molar refractivity (Wildman–Crippen MR) is 224 cm³/mol. The second-order valence-corrected chi connectivity index (χ2v) is 16.7. The normalized spacial score (nSPS) is 16.7. The SMILES string of the molecule is Cc1cc(-c2nn3c(c2-n2ccn(-c4ccc5c(cnn5C)c4)c2=O)CN(C(=O)c2cc4cc(C5CCOCC5)ccc4n2C2(c4noc(=O)[nH]4)CCC2)CC3)cc(C)c1F. The van der Waals surface area contributed by atoms with Crippen LogP contribution in [0.5, 0.6) is 0 Å². The molecule has 0 unspecified atom stereocenters. The molecule has 0 radical (unpaired) electrons. The molecule has 0 spiro atoms. The van der Waals surface area contributed by atoms with E-state index in [-0.39, 0.29) is 24.0 Å². The van der Waals surface area contributed by atoms with E-state index >= 15 is 9.18 Å². The van der Waals surface area contributed by atoms with Crippen molar-refractivity contribution in [1.29, 1.82) is 0 Å². The Kier molecular flexibility index (Phi) is 8.46. The summed E-state index contributed by atoms with van der Waals surface area (Å²) in [6, 6.07) is 17.6. The molecule has 1 N–H and O–H groups in total. The van der Waals surface area contributed by atoms with E-state index in [1.54, 1.807) is 63.3 Å². The third kappa shape index (κ3) is 5.79. The fourth-order valence-corrected chi connectivity index (χ4v) is 9.86. The van der Waals surface area contributed by atoms with Gasteiger partial charge in [-0.05, 0) is 117 Å². The number of amides is 1. The van der Waals surface area contributed by atoms with E-state index in [1.165, 1.54) is 5.56 Å². The van der Waals surface area contributed by atoms with Crippen molar-refractivity contribution in [3.8, 4) is 22.6 Å². The number of ether oxygens (including phenoxy) is 1. The highest BCUT2D eigenvalue weighted by Crippen LogP contribution is 2.47. The molecule has 7 heterocycles. The summed E-state index contributed by atoms with van der Waals surface area (Å²) in [6.45, 7) is 5.70. The fraction of sp³-hybridized carbons (Fsp3) is 0.333. The van der Waals surface area contributed by atoms with Crippen LogP contribution < -0.4 is 11.4 Å². The lowest BCUT2D eigenvalue weighted by molar-refractivity contribution is 0.0677. The second kappa shape index (κ2) is 13.9. The maximum Gasteiger partial charge on any atom is 0.438 e. The van der Waals surface area contributed by atoms with Crippen LogP contribution in [0.1, 0.15) is 76.7 Å². The molecule has 0 bridgehead atoms. The molecular formula is C45H43FN10O5. The lowest BCUT2D eigenvalue weighted by Gasteiger charge is -2.43. The van der Waals surface area contributed by atoms with E-state index in [0.29, 0.717) is 96.0 Å². The number of imidazole rings is 1. The first-order valence-corrected chi connectivity index (χ1v) is 20.8. The number of halogens is 1. The van der Waals surface area contributed by atoms with Gasteiger partial charge in [0.05, 0.1) is 36.2 Å². The minimum atomic E-state index is -0.789.